The molecular formula is C25H27Cl2N3O3. The van der Waals surface area contributed by atoms with Gasteiger partial charge in [-0.3, -0.25) is 0 Å². The Hall–Kier alpha value is -2.80. The van der Waals surface area contributed by atoms with Crippen LogP contribution in [0.3, 0.4) is 0 Å². The van der Waals surface area contributed by atoms with Gasteiger partial charge in [-0.1, -0.05) is 41.4 Å². The SMILES string of the molecule is CC(C)OC(=O)c1cccnc1NCCNCc1cccc(OCc2ccc(Cl)cc2Cl)c1. The lowest BCUT2D eigenvalue weighted by Gasteiger charge is -2.13. The number of carbonyl (C=O) groups excluding carboxylic acids is 1. The van der Waals surface area contributed by atoms with Crippen LogP contribution in [0.15, 0.2) is 60.8 Å². The number of pyridine rings is 1. The maximum absolute atomic E-state index is 12.2. The van der Waals surface area contributed by atoms with E-state index in [0.29, 0.717) is 47.7 Å². The monoisotopic (exact) mass is 487 g/mol. The molecule has 1 aromatic heterocycles. The van der Waals surface area contributed by atoms with Crippen molar-refractivity contribution in [2.45, 2.75) is 33.1 Å². The van der Waals surface area contributed by atoms with Crippen LogP contribution in [0.25, 0.3) is 0 Å². The van der Waals surface area contributed by atoms with Gasteiger partial charge in [0.15, 0.2) is 0 Å². The molecule has 0 amide bonds. The van der Waals surface area contributed by atoms with Gasteiger partial charge in [-0.2, -0.15) is 0 Å². The van der Waals surface area contributed by atoms with Crippen molar-refractivity contribution in [2.75, 3.05) is 18.4 Å². The van der Waals surface area contributed by atoms with Crippen LogP contribution >= 0.6 is 23.2 Å². The molecule has 2 aromatic carbocycles. The minimum atomic E-state index is -0.384. The van der Waals surface area contributed by atoms with Gasteiger partial charge in [-0.25, -0.2) is 9.78 Å². The summed E-state index contributed by atoms with van der Waals surface area (Å²) < 4.78 is 11.2. The number of hydrogen-bond donors (Lipinski definition) is 2. The summed E-state index contributed by atoms with van der Waals surface area (Å²) in [6.45, 7) is 5.95. The molecule has 2 N–H and O–H groups in total. The average molecular weight is 488 g/mol. The second-order valence-corrected chi connectivity index (χ2v) is 8.47. The van der Waals surface area contributed by atoms with Gasteiger partial charge in [-0.15, -0.1) is 0 Å². The van der Waals surface area contributed by atoms with Crippen molar-refractivity contribution in [1.82, 2.24) is 10.3 Å². The van der Waals surface area contributed by atoms with Crippen molar-refractivity contribution in [2.24, 2.45) is 0 Å². The summed E-state index contributed by atoms with van der Waals surface area (Å²) in [5.41, 5.74) is 2.40. The molecule has 0 saturated carbocycles. The van der Waals surface area contributed by atoms with Crippen LogP contribution in [0.2, 0.25) is 10.0 Å². The van der Waals surface area contributed by atoms with Crippen LogP contribution in [0, 0.1) is 0 Å². The van der Waals surface area contributed by atoms with Crippen molar-refractivity contribution in [3.8, 4) is 5.75 Å². The molecule has 174 valence electrons. The first-order valence-corrected chi connectivity index (χ1v) is 11.4. The van der Waals surface area contributed by atoms with Crippen LogP contribution < -0.4 is 15.4 Å². The van der Waals surface area contributed by atoms with Gasteiger partial charge in [0, 0.05) is 41.4 Å². The van der Waals surface area contributed by atoms with Gasteiger partial charge in [0.05, 0.1) is 6.10 Å². The zero-order valence-electron chi connectivity index (χ0n) is 18.6. The quantitative estimate of drug-likeness (QED) is 0.265. The number of anilines is 1. The van der Waals surface area contributed by atoms with Gasteiger partial charge < -0.3 is 20.1 Å². The number of esters is 1. The van der Waals surface area contributed by atoms with Crippen molar-refractivity contribution >= 4 is 35.0 Å². The number of nitrogens with one attached hydrogen (secondary N) is 2. The molecule has 1 heterocycles. The Morgan fingerprint density at radius 1 is 1.06 bits per heavy atom. The summed E-state index contributed by atoms with van der Waals surface area (Å²) in [7, 11) is 0. The van der Waals surface area contributed by atoms with Crippen LogP contribution in [-0.4, -0.2) is 30.1 Å². The maximum Gasteiger partial charge on any atom is 0.342 e. The summed E-state index contributed by atoms with van der Waals surface area (Å²) in [5.74, 6) is 0.895. The van der Waals surface area contributed by atoms with Gasteiger partial charge in [-0.05, 0) is 55.8 Å². The Kier molecular flexibility index (Phi) is 9.36. The number of nitrogens with zero attached hydrogens (tertiary/aromatic N) is 1. The van der Waals surface area contributed by atoms with Crippen molar-refractivity contribution in [3.63, 3.8) is 0 Å². The van der Waals surface area contributed by atoms with E-state index in [1.165, 1.54) is 0 Å². The Labute approximate surface area is 204 Å². The molecule has 0 saturated heterocycles. The van der Waals surface area contributed by atoms with E-state index in [1.54, 1.807) is 30.5 Å². The molecule has 0 atom stereocenters. The lowest BCUT2D eigenvalue weighted by molar-refractivity contribution is 0.0378. The van der Waals surface area contributed by atoms with E-state index in [0.717, 1.165) is 16.9 Å². The predicted molar refractivity (Wildman–Crippen MR) is 132 cm³/mol. The zero-order chi connectivity index (χ0) is 23.6. The summed E-state index contributed by atoms with van der Waals surface area (Å²) in [5, 5.41) is 7.75. The minimum absolute atomic E-state index is 0.185. The highest BCUT2D eigenvalue weighted by Gasteiger charge is 2.14. The summed E-state index contributed by atoms with van der Waals surface area (Å²) >= 11 is 12.1. The van der Waals surface area contributed by atoms with Crippen LogP contribution in [0.1, 0.15) is 35.3 Å². The number of rotatable bonds is 11. The third-order valence-electron chi connectivity index (χ3n) is 4.60. The van der Waals surface area contributed by atoms with Crippen molar-refractivity contribution in [1.29, 1.82) is 0 Å². The Bertz CT molecular complexity index is 1080. The van der Waals surface area contributed by atoms with Crippen LogP contribution in [0.5, 0.6) is 5.75 Å². The van der Waals surface area contributed by atoms with E-state index in [4.69, 9.17) is 32.7 Å². The van der Waals surface area contributed by atoms with Gasteiger partial charge in [0.2, 0.25) is 0 Å². The Morgan fingerprint density at radius 2 is 1.91 bits per heavy atom. The van der Waals surface area contributed by atoms with Crippen molar-refractivity contribution < 1.29 is 14.3 Å². The molecular weight excluding hydrogens is 461 g/mol. The summed E-state index contributed by atoms with van der Waals surface area (Å²) in [6, 6.07) is 16.7. The smallest absolute Gasteiger partial charge is 0.342 e. The van der Waals surface area contributed by atoms with E-state index in [9.17, 15) is 4.79 Å². The first kappa shape index (κ1) is 24.8. The van der Waals surface area contributed by atoms with Gasteiger partial charge >= 0.3 is 5.97 Å². The van der Waals surface area contributed by atoms with E-state index < -0.39 is 0 Å². The molecule has 0 unspecified atom stereocenters. The molecule has 0 aliphatic carbocycles. The summed E-state index contributed by atoms with van der Waals surface area (Å²) in [4.78, 5) is 16.5. The molecule has 6 nitrogen and oxygen atoms in total. The standard InChI is InChI=1S/C25H27Cl2N3O3/c1-17(2)33-25(31)22-7-4-10-29-24(22)30-12-11-28-15-18-5-3-6-21(13-18)32-16-19-8-9-20(26)14-23(19)27/h3-10,13-14,17,28H,11-12,15-16H2,1-2H3,(H,29,30). The van der Waals surface area contributed by atoms with E-state index in [1.807, 2.05) is 44.2 Å². The number of halogens is 2. The number of aromatic nitrogens is 1. The highest BCUT2D eigenvalue weighted by Crippen LogP contribution is 2.23. The van der Waals surface area contributed by atoms with Crippen LogP contribution in [-0.2, 0) is 17.9 Å². The first-order chi connectivity index (χ1) is 15.9. The average Bonchev–Trinajstić information content (AvgIpc) is 2.78. The molecule has 0 bridgehead atoms. The molecule has 3 aromatic rings. The second-order valence-electron chi connectivity index (χ2n) is 7.63. The molecule has 0 spiro atoms. The predicted octanol–water partition coefficient (Wildman–Crippen LogP) is 5.73. The molecule has 33 heavy (non-hydrogen) atoms. The number of carbonyl (C=O) groups is 1. The largest absolute Gasteiger partial charge is 0.489 e. The molecule has 0 aliphatic rings. The third-order valence-corrected chi connectivity index (χ3v) is 5.19. The molecule has 8 heteroatoms. The van der Waals surface area contributed by atoms with Gasteiger partial charge in [0.25, 0.3) is 0 Å². The second kappa shape index (κ2) is 12.4. The summed E-state index contributed by atoms with van der Waals surface area (Å²) in [6.07, 6.45) is 1.46. The van der Waals surface area contributed by atoms with E-state index >= 15 is 0 Å². The zero-order valence-corrected chi connectivity index (χ0v) is 20.1. The van der Waals surface area contributed by atoms with Crippen molar-refractivity contribution in [3.05, 3.63) is 87.5 Å². The number of ether oxygens (including phenoxy) is 2. The lowest BCUT2D eigenvalue weighted by atomic mass is 10.2. The molecule has 0 aliphatic heterocycles. The van der Waals surface area contributed by atoms with E-state index in [2.05, 4.69) is 15.6 Å². The normalized spacial score (nSPS) is 10.8. The maximum atomic E-state index is 12.2. The minimum Gasteiger partial charge on any atom is -0.489 e. The fraction of sp³-hybridized carbons (Fsp3) is 0.280. The highest BCUT2D eigenvalue weighted by atomic mass is 35.5. The molecule has 3 rings (SSSR count). The Morgan fingerprint density at radius 3 is 2.70 bits per heavy atom. The number of hydrogen-bond acceptors (Lipinski definition) is 6. The molecule has 0 fully saturated rings. The lowest BCUT2D eigenvalue weighted by Crippen LogP contribution is -2.23. The fourth-order valence-corrected chi connectivity index (χ4v) is 3.50. The van der Waals surface area contributed by atoms with Gasteiger partial charge in [0.1, 0.15) is 23.7 Å². The number of benzene rings is 2. The van der Waals surface area contributed by atoms with Crippen LogP contribution in [0.4, 0.5) is 5.82 Å². The first-order valence-electron chi connectivity index (χ1n) is 10.7. The van der Waals surface area contributed by atoms with E-state index in [-0.39, 0.29) is 12.1 Å². The highest BCUT2D eigenvalue weighted by molar-refractivity contribution is 6.35. The Balaban J connectivity index is 1.45. The third kappa shape index (κ3) is 7.93. The topological polar surface area (TPSA) is 72.5 Å². The molecule has 0 radical (unpaired) electrons. The fourth-order valence-electron chi connectivity index (χ4n) is 3.04.